The van der Waals surface area contributed by atoms with Gasteiger partial charge >= 0.3 is 12.0 Å². The molecule has 2 amide bonds. The number of hydrogen-bond acceptors (Lipinski definition) is 6. The number of piperidine rings is 1. The summed E-state index contributed by atoms with van der Waals surface area (Å²) >= 11 is 1.51. The summed E-state index contributed by atoms with van der Waals surface area (Å²) in [5, 5.41) is 2.77. The fraction of sp³-hybridized carbons (Fsp3) is 0.421. The first-order valence-corrected chi connectivity index (χ1v) is 9.83. The molecule has 1 fully saturated rings. The summed E-state index contributed by atoms with van der Waals surface area (Å²) in [6.45, 7) is 3.72. The van der Waals surface area contributed by atoms with Crippen molar-refractivity contribution in [2.45, 2.75) is 26.4 Å². The van der Waals surface area contributed by atoms with Crippen LogP contribution in [0.4, 0.5) is 4.79 Å². The topological polar surface area (TPSA) is 94.8 Å². The van der Waals surface area contributed by atoms with Gasteiger partial charge in [0.25, 0.3) is 0 Å². The summed E-state index contributed by atoms with van der Waals surface area (Å²) in [5.74, 6) is 0.397. The number of aromatic nitrogens is 1. The molecule has 2 heterocycles. The molecule has 0 aliphatic carbocycles. The van der Waals surface area contributed by atoms with Gasteiger partial charge in [-0.15, -0.1) is 11.3 Å². The monoisotopic (exact) mass is 389 g/mol. The Kier molecular flexibility index (Phi) is 6.28. The molecule has 1 aromatic carbocycles. The molecule has 2 aromatic rings. The van der Waals surface area contributed by atoms with E-state index in [-0.39, 0.29) is 18.5 Å². The molecule has 0 radical (unpaired) electrons. The van der Waals surface area contributed by atoms with E-state index in [1.165, 1.54) is 11.3 Å². The van der Waals surface area contributed by atoms with E-state index in [9.17, 15) is 9.59 Å². The van der Waals surface area contributed by atoms with Crippen LogP contribution < -0.4 is 10.5 Å². The molecule has 0 saturated carbocycles. The molecule has 1 aliphatic heterocycles. The van der Waals surface area contributed by atoms with Crippen molar-refractivity contribution in [2.75, 3.05) is 19.7 Å². The van der Waals surface area contributed by atoms with Crippen molar-refractivity contribution in [1.29, 1.82) is 0 Å². The number of carbonyl (C=O) groups excluding carboxylic acids is 2. The summed E-state index contributed by atoms with van der Waals surface area (Å²) in [6, 6.07) is 7.32. The Morgan fingerprint density at radius 3 is 2.59 bits per heavy atom. The molecule has 3 rings (SSSR count). The zero-order chi connectivity index (χ0) is 19.2. The number of carbonyl (C=O) groups is 2. The van der Waals surface area contributed by atoms with E-state index in [2.05, 4.69) is 4.98 Å². The molecule has 1 saturated heterocycles. The Labute approximate surface area is 162 Å². The van der Waals surface area contributed by atoms with Gasteiger partial charge in [-0.2, -0.15) is 0 Å². The fourth-order valence-electron chi connectivity index (χ4n) is 2.96. The quantitative estimate of drug-likeness (QED) is 0.766. The van der Waals surface area contributed by atoms with E-state index in [4.69, 9.17) is 15.2 Å². The van der Waals surface area contributed by atoms with E-state index in [1.807, 2.05) is 36.6 Å². The van der Waals surface area contributed by atoms with Gasteiger partial charge in [0.15, 0.2) is 0 Å². The number of urea groups is 1. The molecule has 2 N–H and O–H groups in total. The molecule has 0 atom stereocenters. The molecule has 7 nitrogen and oxygen atoms in total. The summed E-state index contributed by atoms with van der Waals surface area (Å²) in [6.07, 6.45) is 1.16. The number of amides is 2. The van der Waals surface area contributed by atoms with E-state index in [0.29, 0.717) is 32.5 Å². The molecule has 0 unspecified atom stereocenters. The highest BCUT2D eigenvalue weighted by atomic mass is 32.1. The Morgan fingerprint density at radius 2 is 1.96 bits per heavy atom. The first kappa shape index (κ1) is 19.2. The van der Waals surface area contributed by atoms with Crippen LogP contribution in [0, 0.1) is 5.92 Å². The molecule has 8 heteroatoms. The van der Waals surface area contributed by atoms with Gasteiger partial charge in [-0.1, -0.05) is 0 Å². The number of likely N-dealkylation sites (tertiary alicyclic amines) is 1. The number of benzene rings is 1. The van der Waals surface area contributed by atoms with Crippen LogP contribution >= 0.6 is 11.3 Å². The van der Waals surface area contributed by atoms with Gasteiger partial charge in [-0.25, -0.2) is 9.78 Å². The minimum atomic E-state index is -0.439. The highest BCUT2D eigenvalue weighted by Crippen LogP contribution is 2.26. The zero-order valence-electron chi connectivity index (χ0n) is 15.2. The zero-order valence-corrected chi connectivity index (χ0v) is 16.0. The molecule has 1 aliphatic rings. The Balaban J connectivity index is 1.51. The molecule has 1 aromatic heterocycles. The number of hydrogen-bond donors (Lipinski definition) is 1. The number of nitrogens with zero attached hydrogens (tertiary/aromatic N) is 2. The fourth-order valence-corrected chi connectivity index (χ4v) is 3.78. The lowest BCUT2D eigenvalue weighted by Crippen LogP contribution is -2.43. The van der Waals surface area contributed by atoms with Crippen molar-refractivity contribution in [2.24, 2.45) is 11.7 Å². The largest absolute Gasteiger partial charge is 0.494 e. The van der Waals surface area contributed by atoms with Gasteiger partial charge in [0.2, 0.25) is 0 Å². The van der Waals surface area contributed by atoms with E-state index in [1.54, 1.807) is 4.90 Å². The second kappa shape index (κ2) is 8.85. The van der Waals surface area contributed by atoms with Crippen molar-refractivity contribution in [3.8, 4) is 16.3 Å². The SMILES string of the molecule is CCOc1ccc(-c2nc(COC(=O)C3CCN(C(N)=O)CC3)cs2)cc1. The lowest BCUT2D eigenvalue weighted by Gasteiger charge is -2.29. The van der Waals surface area contributed by atoms with Crippen molar-refractivity contribution < 1.29 is 19.1 Å². The second-order valence-electron chi connectivity index (χ2n) is 6.31. The van der Waals surface area contributed by atoms with Crippen LogP contribution in [-0.4, -0.2) is 41.6 Å². The average molecular weight is 389 g/mol. The van der Waals surface area contributed by atoms with Crippen LogP contribution in [0.3, 0.4) is 0 Å². The van der Waals surface area contributed by atoms with Crippen LogP contribution in [0.1, 0.15) is 25.5 Å². The molecular weight excluding hydrogens is 366 g/mol. The van der Waals surface area contributed by atoms with Gasteiger partial charge in [0, 0.05) is 24.0 Å². The summed E-state index contributed by atoms with van der Waals surface area (Å²) in [5.41, 5.74) is 6.98. The van der Waals surface area contributed by atoms with Gasteiger partial charge in [0.05, 0.1) is 18.2 Å². The molecule has 0 bridgehead atoms. The average Bonchev–Trinajstić information content (AvgIpc) is 3.16. The van der Waals surface area contributed by atoms with Crippen molar-refractivity contribution in [1.82, 2.24) is 9.88 Å². The van der Waals surface area contributed by atoms with Crippen LogP contribution in [0.25, 0.3) is 10.6 Å². The van der Waals surface area contributed by atoms with Crippen LogP contribution in [0.2, 0.25) is 0 Å². The number of thiazole rings is 1. The first-order chi connectivity index (χ1) is 13.1. The smallest absolute Gasteiger partial charge is 0.314 e. The van der Waals surface area contributed by atoms with Crippen LogP contribution in [0.15, 0.2) is 29.6 Å². The number of esters is 1. The Bertz CT molecular complexity index is 783. The van der Waals surface area contributed by atoms with E-state index < -0.39 is 6.03 Å². The third kappa shape index (κ3) is 4.97. The first-order valence-electron chi connectivity index (χ1n) is 8.95. The maximum absolute atomic E-state index is 12.2. The van der Waals surface area contributed by atoms with Crippen LogP contribution in [-0.2, 0) is 16.1 Å². The van der Waals surface area contributed by atoms with Gasteiger partial charge in [-0.05, 0) is 44.0 Å². The lowest BCUT2D eigenvalue weighted by molar-refractivity contribution is -0.151. The lowest BCUT2D eigenvalue weighted by atomic mass is 9.97. The van der Waals surface area contributed by atoms with Gasteiger partial charge < -0.3 is 20.1 Å². The van der Waals surface area contributed by atoms with Crippen molar-refractivity contribution >= 4 is 23.3 Å². The number of nitrogens with two attached hydrogens (primary N) is 1. The van der Waals surface area contributed by atoms with Crippen LogP contribution in [0.5, 0.6) is 5.75 Å². The molecule has 27 heavy (non-hydrogen) atoms. The maximum Gasteiger partial charge on any atom is 0.314 e. The van der Waals surface area contributed by atoms with Crippen molar-refractivity contribution in [3.63, 3.8) is 0 Å². The highest BCUT2D eigenvalue weighted by Gasteiger charge is 2.27. The van der Waals surface area contributed by atoms with E-state index >= 15 is 0 Å². The summed E-state index contributed by atoms with van der Waals surface area (Å²) < 4.78 is 10.9. The highest BCUT2D eigenvalue weighted by molar-refractivity contribution is 7.13. The third-order valence-corrected chi connectivity index (χ3v) is 5.41. The predicted octanol–water partition coefficient (Wildman–Crippen LogP) is 3.04. The van der Waals surface area contributed by atoms with E-state index in [0.717, 1.165) is 22.0 Å². The van der Waals surface area contributed by atoms with Gasteiger partial charge in [0.1, 0.15) is 17.4 Å². The Morgan fingerprint density at radius 1 is 1.26 bits per heavy atom. The van der Waals surface area contributed by atoms with Crippen molar-refractivity contribution in [3.05, 3.63) is 35.3 Å². The maximum atomic E-state index is 12.2. The Hall–Kier alpha value is -2.61. The number of rotatable bonds is 6. The van der Waals surface area contributed by atoms with Gasteiger partial charge in [-0.3, -0.25) is 4.79 Å². The third-order valence-electron chi connectivity index (χ3n) is 4.47. The predicted molar refractivity (Wildman–Crippen MR) is 102 cm³/mol. The second-order valence-corrected chi connectivity index (χ2v) is 7.17. The number of ether oxygens (including phenoxy) is 2. The molecule has 0 spiro atoms. The minimum absolute atomic E-state index is 0.155. The molecular formula is C19H23N3O4S. The minimum Gasteiger partial charge on any atom is -0.494 e. The number of primary amides is 1. The standard InChI is InChI=1S/C19H23N3O4S/c1-2-25-16-5-3-13(4-6-16)17-21-15(12-27-17)11-26-18(23)14-7-9-22(10-8-14)19(20)24/h3-6,12,14H,2,7-11H2,1H3,(H2,20,24). The summed E-state index contributed by atoms with van der Waals surface area (Å²) in [4.78, 5) is 29.4. The molecule has 144 valence electrons. The normalized spacial score (nSPS) is 14.8. The summed E-state index contributed by atoms with van der Waals surface area (Å²) in [7, 11) is 0.